The van der Waals surface area contributed by atoms with Gasteiger partial charge in [-0.1, -0.05) is 23.7 Å². The van der Waals surface area contributed by atoms with Crippen molar-refractivity contribution in [2.75, 3.05) is 23.7 Å². The summed E-state index contributed by atoms with van der Waals surface area (Å²) in [6.45, 7) is 0.843. The average Bonchev–Trinajstić information content (AvgIpc) is 3.38. The van der Waals surface area contributed by atoms with E-state index in [4.69, 9.17) is 16.0 Å². The van der Waals surface area contributed by atoms with E-state index in [9.17, 15) is 13.2 Å². The van der Waals surface area contributed by atoms with Gasteiger partial charge < -0.3 is 9.32 Å². The van der Waals surface area contributed by atoms with Gasteiger partial charge in [-0.25, -0.2) is 8.42 Å². The van der Waals surface area contributed by atoms with E-state index in [2.05, 4.69) is 0 Å². The Morgan fingerprint density at radius 3 is 2.47 bits per heavy atom. The predicted molar refractivity (Wildman–Crippen MR) is 127 cm³/mol. The number of anilines is 1. The summed E-state index contributed by atoms with van der Waals surface area (Å²) in [5, 5.41) is 0.661. The van der Waals surface area contributed by atoms with Crippen molar-refractivity contribution in [3.05, 3.63) is 83.1 Å². The molecule has 2 heterocycles. The third-order valence-electron chi connectivity index (χ3n) is 5.26. The molecule has 8 heteroatoms. The number of hydrogen-bond donors (Lipinski definition) is 0. The van der Waals surface area contributed by atoms with Gasteiger partial charge in [-0.3, -0.25) is 9.10 Å². The summed E-state index contributed by atoms with van der Waals surface area (Å²) in [6.07, 6.45) is 3.84. The third-order valence-corrected chi connectivity index (χ3v) is 7.38. The number of benzene rings is 2. The number of sulfonamides is 1. The van der Waals surface area contributed by atoms with Gasteiger partial charge in [0.25, 0.3) is 0 Å². The van der Waals surface area contributed by atoms with Gasteiger partial charge in [-0.05, 0) is 66.6 Å². The zero-order valence-corrected chi connectivity index (χ0v) is 19.1. The molecule has 1 aliphatic rings. The van der Waals surface area contributed by atoms with Gasteiger partial charge in [0.15, 0.2) is 0 Å². The summed E-state index contributed by atoms with van der Waals surface area (Å²) in [5.41, 5.74) is 2.38. The van der Waals surface area contributed by atoms with E-state index >= 15 is 0 Å². The molecule has 0 radical (unpaired) electrons. The molecular weight excluding hydrogens is 448 g/mol. The molecule has 1 aromatic heterocycles. The first-order chi connectivity index (χ1) is 15.3. The lowest BCUT2D eigenvalue weighted by Crippen LogP contribution is -2.24. The highest BCUT2D eigenvalue weighted by Crippen LogP contribution is 2.25. The van der Waals surface area contributed by atoms with E-state index in [1.807, 2.05) is 24.3 Å². The molecule has 3 aromatic rings. The topological polar surface area (TPSA) is 70.8 Å². The Kier molecular flexibility index (Phi) is 6.39. The Morgan fingerprint density at radius 2 is 1.81 bits per heavy atom. The fraction of sp³-hybridized carbons (Fsp3) is 0.208. The van der Waals surface area contributed by atoms with Crippen molar-refractivity contribution in [2.24, 2.45) is 0 Å². The fourth-order valence-electron chi connectivity index (χ4n) is 3.52. The summed E-state index contributed by atoms with van der Waals surface area (Å²) in [4.78, 5) is 14.1. The van der Waals surface area contributed by atoms with E-state index < -0.39 is 10.0 Å². The first kappa shape index (κ1) is 22.2. The Hall–Kier alpha value is -3.03. The standard InChI is InChI=1S/C24H23ClN2O4S/c1-26(17-22-12-13-23(31-22)19-6-8-20(25)9-7-19)24(28)14-5-18-3-10-21(11-4-18)27-15-2-16-32(27,29)30/h3-14H,2,15-17H2,1H3/b14-5+. The van der Waals surface area contributed by atoms with Crippen molar-refractivity contribution < 1.29 is 17.6 Å². The smallest absolute Gasteiger partial charge is 0.246 e. The predicted octanol–water partition coefficient (Wildman–Crippen LogP) is 4.81. The number of halogens is 1. The van der Waals surface area contributed by atoms with Crippen molar-refractivity contribution in [1.29, 1.82) is 0 Å². The van der Waals surface area contributed by atoms with Crippen LogP contribution in [0.15, 0.2) is 71.2 Å². The lowest BCUT2D eigenvalue weighted by molar-refractivity contribution is -0.125. The summed E-state index contributed by atoms with van der Waals surface area (Å²) in [6, 6.07) is 18.2. The molecule has 0 bridgehead atoms. The lowest BCUT2D eigenvalue weighted by Gasteiger charge is -2.16. The van der Waals surface area contributed by atoms with Crippen LogP contribution in [0.25, 0.3) is 17.4 Å². The maximum Gasteiger partial charge on any atom is 0.246 e. The van der Waals surface area contributed by atoms with Crippen LogP contribution in [0.3, 0.4) is 0 Å². The van der Waals surface area contributed by atoms with Crippen LogP contribution in [0.5, 0.6) is 0 Å². The van der Waals surface area contributed by atoms with Crippen LogP contribution in [-0.2, 0) is 21.4 Å². The van der Waals surface area contributed by atoms with Gasteiger partial charge in [0.1, 0.15) is 11.5 Å². The summed E-state index contributed by atoms with van der Waals surface area (Å²) >= 11 is 5.92. The fourth-order valence-corrected chi connectivity index (χ4v) is 5.21. The van der Waals surface area contributed by atoms with Gasteiger partial charge in [0.05, 0.1) is 18.0 Å². The minimum Gasteiger partial charge on any atom is -0.459 e. The van der Waals surface area contributed by atoms with Gasteiger partial charge in [-0.15, -0.1) is 0 Å². The van der Waals surface area contributed by atoms with E-state index in [1.165, 1.54) is 10.4 Å². The molecule has 0 saturated carbocycles. The molecule has 0 aliphatic carbocycles. The van der Waals surface area contributed by atoms with Gasteiger partial charge in [0, 0.05) is 30.3 Å². The van der Waals surface area contributed by atoms with Crippen LogP contribution in [0.2, 0.25) is 5.02 Å². The molecule has 1 saturated heterocycles. The number of likely N-dealkylation sites (N-methyl/N-ethyl adjacent to an activating group) is 1. The summed E-state index contributed by atoms with van der Waals surface area (Å²) in [7, 11) is -1.49. The average molecular weight is 471 g/mol. The number of nitrogens with zero attached hydrogens (tertiary/aromatic N) is 2. The minimum absolute atomic E-state index is 0.166. The largest absolute Gasteiger partial charge is 0.459 e. The number of furan rings is 1. The molecule has 0 spiro atoms. The molecule has 0 N–H and O–H groups in total. The molecule has 0 atom stereocenters. The number of rotatable bonds is 6. The minimum atomic E-state index is -3.20. The van der Waals surface area contributed by atoms with Crippen LogP contribution in [0.4, 0.5) is 5.69 Å². The van der Waals surface area contributed by atoms with E-state index in [1.54, 1.807) is 54.4 Å². The second-order valence-electron chi connectivity index (χ2n) is 7.63. The molecule has 1 fully saturated rings. The highest BCUT2D eigenvalue weighted by molar-refractivity contribution is 7.93. The Labute approximate surface area is 192 Å². The Bertz CT molecular complexity index is 1230. The summed E-state index contributed by atoms with van der Waals surface area (Å²) < 4.78 is 31.4. The van der Waals surface area contributed by atoms with Crippen molar-refractivity contribution in [2.45, 2.75) is 13.0 Å². The van der Waals surface area contributed by atoms with E-state index in [0.717, 1.165) is 11.1 Å². The van der Waals surface area contributed by atoms with E-state index in [0.29, 0.717) is 41.7 Å². The molecular formula is C24H23ClN2O4S. The first-order valence-electron chi connectivity index (χ1n) is 10.2. The number of carbonyl (C=O) groups is 1. The number of hydrogen-bond acceptors (Lipinski definition) is 4. The highest BCUT2D eigenvalue weighted by Gasteiger charge is 2.28. The lowest BCUT2D eigenvalue weighted by atomic mass is 10.2. The molecule has 0 unspecified atom stereocenters. The highest BCUT2D eigenvalue weighted by atomic mass is 35.5. The Balaban J connectivity index is 1.36. The number of amides is 1. The van der Waals surface area contributed by atoms with Crippen molar-refractivity contribution in [3.63, 3.8) is 0 Å². The van der Waals surface area contributed by atoms with Gasteiger partial charge >= 0.3 is 0 Å². The number of carbonyl (C=O) groups excluding carboxylic acids is 1. The van der Waals surface area contributed by atoms with Crippen LogP contribution in [0.1, 0.15) is 17.7 Å². The molecule has 2 aromatic carbocycles. The maximum atomic E-state index is 12.5. The van der Waals surface area contributed by atoms with Crippen LogP contribution in [0, 0.1) is 0 Å². The van der Waals surface area contributed by atoms with E-state index in [-0.39, 0.29) is 11.7 Å². The molecule has 4 rings (SSSR count). The summed E-state index contributed by atoms with van der Waals surface area (Å²) in [5.74, 6) is 1.41. The van der Waals surface area contributed by atoms with Crippen LogP contribution in [-0.4, -0.2) is 38.6 Å². The Morgan fingerprint density at radius 1 is 1.09 bits per heavy atom. The monoisotopic (exact) mass is 470 g/mol. The van der Waals surface area contributed by atoms with Gasteiger partial charge in [-0.2, -0.15) is 0 Å². The second kappa shape index (κ2) is 9.22. The maximum absolute atomic E-state index is 12.5. The van der Waals surface area contributed by atoms with Crippen molar-refractivity contribution in [3.8, 4) is 11.3 Å². The van der Waals surface area contributed by atoms with Crippen LogP contribution >= 0.6 is 11.6 Å². The van der Waals surface area contributed by atoms with Crippen LogP contribution < -0.4 is 4.31 Å². The molecule has 1 aliphatic heterocycles. The normalized spacial score (nSPS) is 15.4. The molecule has 1 amide bonds. The van der Waals surface area contributed by atoms with Gasteiger partial charge in [0.2, 0.25) is 15.9 Å². The van der Waals surface area contributed by atoms with Crippen molar-refractivity contribution >= 4 is 39.3 Å². The molecule has 166 valence electrons. The zero-order chi connectivity index (χ0) is 22.7. The second-order valence-corrected chi connectivity index (χ2v) is 10.1. The zero-order valence-electron chi connectivity index (χ0n) is 17.6. The molecule has 6 nitrogen and oxygen atoms in total. The van der Waals surface area contributed by atoms with Crippen molar-refractivity contribution in [1.82, 2.24) is 4.90 Å². The molecule has 32 heavy (non-hydrogen) atoms. The quantitative estimate of drug-likeness (QED) is 0.484. The first-order valence-corrected chi connectivity index (χ1v) is 12.2. The SMILES string of the molecule is CN(Cc1ccc(-c2ccc(Cl)cc2)o1)C(=O)/C=C/c1ccc(N2CCCS2(=O)=O)cc1. The third kappa shape index (κ3) is 5.06.